The second-order valence-corrected chi connectivity index (χ2v) is 8.04. The van der Waals surface area contributed by atoms with E-state index in [4.69, 9.17) is 9.84 Å². The van der Waals surface area contributed by atoms with Crippen LogP contribution in [0.1, 0.15) is 51.5 Å². The van der Waals surface area contributed by atoms with Crippen molar-refractivity contribution in [3.8, 4) is 0 Å². The molecule has 0 spiro atoms. The van der Waals surface area contributed by atoms with Gasteiger partial charge in [-0.05, 0) is 63.6 Å². The Morgan fingerprint density at radius 3 is 2.40 bits per heavy atom. The summed E-state index contributed by atoms with van der Waals surface area (Å²) in [6.45, 7) is 6.44. The summed E-state index contributed by atoms with van der Waals surface area (Å²) in [6, 6.07) is 7.56. The van der Waals surface area contributed by atoms with Gasteiger partial charge < -0.3 is 14.7 Å². The molecule has 0 aliphatic heterocycles. The molecule has 2 saturated carbocycles. The Kier molecular flexibility index (Phi) is 4.62. The Morgan fingerprint density at radius 2 is 1.88 bits per heavy atom. The lowest BCUT2D eigenvalue weighted by Crippen LogP contribution is -2.40. The van der Waals surface area contributed by atoms with Crippen molar-refractivity contribution in [2.45, 2.75) is 57.6 Å². The molecule has 25 heavy (non-hydrogen) atoms. The van der Waals surface area contributed by atoms with Gasteiger partial charge in [0.05, 0.1) is 0 Å². The minimum atomic E-state index is -1.07. The summed E-state index contributed by atoms with van der Waals surface area (Å²) < 4.78 is 5.59. The van der Waals surface area contributed by atoms with Crippen molar-refractivity contribution in [2.24, 2.45) is 5.92 Å². The molecule has 0 saturated heterocycles. The van der Waals surface area contributed by atoms with Crippen LogP contribution in [-0.2, 0) is 4.74 Å². The van der Waals surface area contributed by atoms with Gasteiger partial charge in [0.15, 0.2) is 0 Å². The topological polar surface area (TPSA) is 78.9 Å². The number of hydrogen-bond donors (Lipinski definition) is 2. The molecule has 2 amide bonds. The molecule has 2 fully saturated rings. The predicted molar refractivity (Wildman–Crippen MR) is 94.9 cm³/mol. The zero-order valence-corrected chi connectivity index (χ0v) is 15.0. The fourth-order valence-electron chi connectivity index (χ4n) is 3.07. The monoisotopic (exact) mass is 346 g/mol. The SMILES string of the molecule is CC(C)(C)OC(=O)N(CC1CC1)[C@@H]1C[C@H]1c1ccc(NC(=O)O)cc1. The first-order valence-corrected chi connectivity index (χ1v) is 8.82. The van der Waals surface area contributed by atoms with Crippen LogP contribution in [0.3, 0.4) is 0 Å². The lowest BCUT2D eigenvalue weighted by atomic mass is 10.1. The summed E-state index contributed by atoms with van der Waals surface area (Å²) in [5.74, 6) is 0.904. The molecule has 1 aromatic carbocycles. The van der Waals surface area contributed by atoms with Crippen LogP contribution < -0.4 is 5.32 Å². The lowest BCUT2D eigenvalue weighted by molar-refractivity contribution is 0.0220. The van der Waals surface area contributed by atoms with Gasteiger partial charge in [0.25, 0.3) is 0 Å². The Balaban J connectivity index is 1.65. The molecule has 0 heterocycles. The molecule has 6 nitrogen and oxygen atoms in total. The molecule has 2 aliphatic carbocycles. The molecule has 0 bridgehead atoms. The van der Waals surface area contributed by atoms with Crippen molar-refractivity contribution < 1.29 is 19.4 Å². The highest BCUT2D eigenvalue weighted by Gasteiger charge is 2.47. The zero-order valence-electron chi connectivity index (χ0n) is 15.0. The van der Waals surface area contributed by atoms with E-state index in [-0.39, 0.29) is 12.1 Å². The average molecular weight is 346 g/mol. The van der Waals surface area contributed by atoms with Gasteiger partial charge in [0.2, 0.25) is 0 Å². The van der Waals surface area contributed by atoms with E-state index in [1.807, 2.05) is 37.8 Å². The number of benzene rings is 1. The van der Waals surface area contributed by atoms with Crippen molar-refractivity contribution >= 4 is 17.9 Å². The molecule has 3 rings (SSSR count). The Morgan fingerprint density at radius 1 is 1.24 bits per heavy atom. The highest BCUT2D eigenvalue weighted by atomic mass is 16.6. The number of rotatable bonds is 5. The maximum absolute atomic E-state index is 12.6. The predicted octanol–water partition coefficient (Wildman–Crippen LogP) is 4.28. The number of carbonyl (C=O) groups excluding carboxylic acids is 1. The van der Waals surface area contributed by atoms with Crippen molar-refractivity contribution in [2.75, 3.05) is 11.9 Å². The molecule has 6 heteroatoms. The quantitative estimate of drug-likeness (QED) is 0.834. The molecule has 0 radical (unpaired) electrons. The third-order valence-corrected chi connectivity index (χ3v) is 4.53. The fraction of sp³-hybridized carbons (Fsp3) is 0.579. The first-order valence-electron chi connectivity index (χ1n) is 8.82. The summed E-state index contributed by atoms with van der Waals surface area (Å²) in [5, 5.41) is 11.1. The Labute approximate surface area is 148 Å². The summed E-state index contributed by atoms with van der Waals surface area (Å²) in [7, 11) is 0. The van der Waals surface area contributed by atoms with E-state index < -0.39 is 11.7 Å². The van der Waals surface area contributed by atoms with Crippen molar-refractivity contribution in [3.05, 3.63) is 29.8 Å². The standard InChI is InChI=1S/C19H26N2O4/c1-19(2,3)25-18(24)21(11-12-4-5-12)16-10-15(16)13-6-8-14(9-7-13)20-17(22)23/h6-9,12,15-16,20H,4-5,10-11H2,1-3H3,(H,22,23)/t15-,16+/m0/s1. The maximum atomic E-state index is 12.6. The average Bonchev–Trinajstić information content (AvgIpc) is 3.38. The van der Waals surface area contributed by atoms with Crippen molar-refractivity contribution in [1.82, 2.24) is 4.90 Å². The van der Waals surface area contributed by atoms with Gasteiger partial charge in [-0.3, -0.25) is 5.32 Å². The highest BCUT2D eigenvalue weighted by Crippen LogP contribution is 2.46. The number of ether oxygens (including phenoxy) is 1. The third-order valence-electron chi connectivity index (χ3n) is 4.53. The van der Waals surface area contributed by atoms with E-state index in [1.54, 1.807) is 12.1 Å². The van der Waals surface area contributed by atoms with Crippen LogP contribution >= 0.6 is 0 Å². The van der Waals surface area contributed by atoms with Crippen LogP contribution in [0, 0.1) is 5.92 Å². The smallest absolute Gasteiger partial charge is 0.410 e. The van der Waals surface area contributed by atoms with E-state index in [0.29, 0.717) is 17.5 Å². The van der Waals surface area contributed by atoms with E-state index in [0.717, 1.165) is 18.5 Å². The molecule has 1 aromatic rings. The van der Waals surface area contributed by atoms with Crippen LogP contribution in [0.5, 0.6) is 0 Å². The van der Waals surface area contributed by atoms with Gasteiger partial charge in [0.1, 0.15) is 5.60 Å². The summed E-state index contributed by atoms with van der Waals surface area (Å²) in [6.07, 6.45) is 2.00. The number of amides is 2. The van der Waals surface area contributed by atoms with Crippen molar-refractivity contribution in [3.63, 3.8) is 0 Å². The summed E-state index contributed by atoms with van der Waals surface area (Å²) in [4.78, 5) is 25.2. The van der Waals surface area contributed by atoms with Crippen LogP contribution in [-0.4, -0.2) is 40.4 Å². The number of nitrogens with one attached hydrogen (secondary N) is 1. The van der Waals surface area contributed by atoms with E-state index in [9.17, 15) is 9.59 Å². The van der Waals surface area contributed by atoms with Gasteiger partial charge in [-0.25, -0.2) is 9.59 Å². The number of hydrogen-bond acceptors (Lipinski definition) is 3. The summed E-state index contributed by atoms with van der Waals surface area (Å²) >= 11 is 0. The number of anilines is 1. The molecule has 2 atom stereocenters. The summed E-state index contributed by atoms with van der Waals surface area (Å²) in [5.41, 5.74) is 1.19. The van der Waals surface area contributed by atoms with Crippen LogP contribution in [0.25, 0.3) is 0 Å². The van der Waals surface area contributed by atoms with Crippen LogP contribution in [0.15, 0.2) is 24.3 Å². The van der Waals surface area contributed by atoms with Crippen LogP contribution in [0.2, 0.25) is 0 Å². The van der Waals surface area contributed by atoms with Crippen molar-refractivity contribution in [1.29, 1.82) is 0 Å². The van der Waals surface area contributed by atoms with E-state index >= 15 is 0 Å². The van der Waals surface area contributed by atoms with Gasteiger partial charge >= 0.3 is 12.2 Å². The molecule has 2 aliphatic rings. The molecular weight excluding hydrogens is 320 g/mol. The second-order valence-electron chi connectivity index (χ2n) is 8.04. The van der Waals surface area contributed by atoms with Gasteiger partial charge in [-0.15, -0.1) is 0 Å². The number of carbonyl (C=O) groups is 2. The van der Waals surface area contributed by atoms with Gasteiger partial charge in [-0.1, -0.05) is 12.1 Å². The number of carboxylic acid groups (broad SMARTS) is 1. The molecule has 136 valence electrons. The highest BCUT2D eigenvalue weighted by molar-refractivity contribution is 5.82. The zero-order chi connectivity index (χ0) is 18.2. The normalized spacial score (nSPS) is 22.2. The Bertz CT molecular complexity index is 646. The first-order chi connectivity index (χ1) is 11.7. The van der Waals surface area contributed by atoms with Gasteiger partial charge in [-0.2, -0.15) is 0 Å². The minimum Gasteiger partial charge on any atom is -0.465 e. The molecule has 2 N–H and O–H groups in total. The molecule has 0 aromatic heterocycles. The van der Waals surface area contributed by atoms with Gasteiger partial charge in [0, 0.05) is 24.2 Å². The largest absolute Gasteiger partial charge is 0.465 e. The Hall–Kier alpha value is -2.24. The van der Waals surface area contributed by atoms with E-state index in [1.165, 1.54) is 12.8 Å². The molecule has 0 unspecified atom stereocenters. The third kappa shape index (κ3) is 4.87. The lowest BCUT2D eigenvalue weighted by Gasteiger charge is -2.28. The minimum absolute atomic E-state index is 0.175. The first kappa shape index (κ1) is 17.6. The second kappa shape index (κ2) is 6.58. The maximum Gasteiger partial charge on any atom is 0.410 e. The van der Waals surface area contributed by atoms with Crippen LogP contribution in [0.4, 0.5) is 15.3 Å². The van der Waals surface area contributed by atoms with E-state index in [2.05, 4.69) is 5.32 Å². The number of nitrogens with zero attached hydrogens (tertiary/aromatic N) is 1. The molecular formula is C19H26N2O4. The fourth-order valence-corrected chi connectivity index (χ4v) is 3.07.